The van der Waals surface area contributed by atoms with E-state index in [4.69, 9.17) is 33.0 Å². The lowest BCUT2D eigenvalue weighted by atomic mass is 9.85. The van der Waals surface area contributed by atoms with Crippen LogP contribution in [0.2, 0.25) is 10.0 Å². The first-order chi connectivity index (χ1) is 15.8. The summed E-state index contributed by atoms with van der Waals surface area (Å²) >= 11 is 12.7. The number of ether oxygens (including phenoxy) is 1. The number of hydrazone groups is 1. The van der Waals surface area contributed by atoms with E-state index in [0.717, 1.165) is 11.4 Å². The number of hydrogen-bond acceptors (Lipinski definition) is 5. The molecule has 2 fully saturated rings. The number of hydrogen-bond donors (Lipinski definition) is 1. The normalized spacial score (nSPS) is 25.3. The number of halogens is 2. The molecule has 1 heterocycles. The molecule has 0 radical (unpaired) electrons. The average molecular weight is 485 g/mol. The number of imide groups is 1. The van der Waals surface area contributed by atoms with Crippen molar-refractivity contribution in [3.63, 3.8) is 0 Å². The number of amides is 2. The average Bonchev–Trinajstić information content (AvgIpc) is 3.46. The Morgan fingerprint density at radius 1 is 1.09 bits per heavy atom. The van der Waals surface area contributed by atoms with Crippen LogP contribution in [0.1, 0.15) is 27.9 Å². The Kier molecular flexibility index (Phi) is 5.46. The van der Waals surface area contributed by atoms with Gasteiger partial charge < -0.3 is 9.84 Å². The highest BCUT2D eigenvalue weighted by atomic mass is 35.5. The SMILES string of the molecule is O=C(O)c1cccc(COc2c(Cl)cc(C=NN3C(=O)C4C5C=CC(C5)C4C3=O)cc2Cl)c1. The van der Waals surface area contributed by atoms with Crippen molar-refractivity contribution >= 4 is 47.2 Å². The fraction of sp³-hybridized carbons (Fsp3) is 0.250. The van der Waals surface area contributed by atoms with Gasteiger partial charge >= 0.3 is 5.97 Å². The van der Waals surface area contributed by atoms with Gasteiger partial charge in [0.25, 0.3) is 11.8 Å². The maximum atomic E-state index is 12.7. The second-order valence-corrected chi connectivity index (χ2v) is 9.16. The Hall–Kier alpha value is -3.16. The Balaban J connectivity index is 1.29. The molecule has 2 aromatic carbocycles. The molecule has 2 aromatic rings. The lowest BCUT2D eigenvalue weighted by Crippen LogP contribution is -2.28. The van der Waals surface area contributed by atoms with Crippen LogP contribution in [-0.4, -0.2) is 34.1 Å². The van der Waals surface area contributed by atoms with Gasteiger partial charge in [-0.3, -0.25) is 9.59 Å². The summed E-state index contributed by atoms with van der Waals surface area (Å²) < 4.78 is 5.71. The Labute approximate surface area is 199 Å². The first-order valence-corrected chi connectivity index (χ1v) is 11.1. The highest BCUT2D eigenvalue weighted by Gasteiger charge is 2.59. The van der Waals surface area contributed by atoms with Crippen LogP contribution in [0.5, 0.6) is 5.75 Å². The zero-order valence-electron chi connectivity index (χ0n) is 17.2. The summed E-state index contributed by atoms with van der Waals surface area (Å²) in [7, 11) is 0. The van der Waals surface area contributed by atoms with Crippen molar-refractivity contribution in [1.82, 2.24) is 5.01 Å². The molecule has 3 aliphatic rings. The number of allylic oxidation sites excluding steroid dienone is 2. The number of benzene rings is 2. The highest BCUT2D eigenvalue weighted by molar-refractivity contribution is 6.37. The summed E-state index contributed by atoms with van der Waals surface area (Å²) in [6, 6.07) is 9.49. The van der Waals surface area contributed by atoms with Gasteiger partial charge in [0.1, 0.15) is 6.61 Å². The van der Waals surface area contributed by atoms with Gasteiger partial charge in [0.2, 0.25) is 0 Å². The lowest BCUT2D eigenvalue weighted by Gasteiger charge is -2.13. The van der Waals surface area contributed by atoms with E-state index in [2.05, 4.69) is 5.10 Å². The van der Waals surface area contributed by atoms with E-state index in [1.165, 1.54) is 18.3 Å². The summed E-state index contributed by atoms with van der Waals surface area (Å²) in [5, 5.41) is 14.6. The molecule has 1 aliphatic heterocycles. The van der Waals surface area contributed by atoms with Crippen molar-refractivity contribution in [2.24, 2.45) is 28.8 Å². The van der Waals surface area contributed by atoms with Crippen molar-refractivity contribution in [2.75, 3.05) is 0 Å². The monoisotopic (exact) mass is 484 g/mol. The molecule has 2 aliphatic carbocycles. The van der Waals surface area contributed by atoms with Gasteiger partial charge in [0.15, 0.2) is 5.75 Å². The van der Waals surface area contributed by atoms with Crippen LogP contribution in [0.3, 0.4) is 0 Å². The van der Waals surface area contributed by atoms with Crippen molar-refractivity contribution < 1.29 is 24.2 Å². The minimum Gasteiger partial charge on any atom is -0.486 e. The fourth-order valence-electron chi connectivity index (χ4n) is 4.87. The molecule has 1 saturated heterocycles. The van der Waals surface area contributed by atoms with Gasteiger partial charge in [-0.15, -0.1) is 0 Å². The molecular weight excluding hydrogens is 467 g/mol. The molecule has 1 saturated carbocycles. The first-order valence-electron chi connectivity index (χ1n) is 10.4. The standard InChI is InChI=1S/C24H18Cl2N2O5/c25-17-7-13(8-18(26)21(17)33-11-12-2-1-3-16(6-12)24(31)32)10-27-28-22(29)19-14-4-5-15(9-14)20(19)23(28)30/h1-8,10,14-15,19-20H,9,11H2,(H,31,32). The number of carbonyl (C=O) groups excluding carboxylic acids is 2. The van der Waals surface area contributed by atoms with Crippen molar-refractivity contribution in [1.29, 1.82) is 0 Å². The first kappa shape index (κ1) is 21.7. The van der Waals surface area contributed by atoms with E-state index < -0.39 is 5.97 Å². The molecular formula is C24H18Cl2N2O5. The van der Waals surface area contributed by atoms with Gasteiger partial charge in [0.05, 0.1) is 33.7 Å². The largest absolute Gasteiger partial charge is 0.486 e. The molecule has 2 bridgehead atoms. The smallest absolute Gasteiger partial charge is 0.335 e. The predicted molar refractivity (Wildman–Crippen MR) is 121 cm³/mol. The summed E-state index contributed by atoms with van der Waals surface area (Å²) in [4.78, 5) is 36.6. The van der Waals surface area contributed by atoms with Crippen molar-refractivity contribution in [2.45, 2.75) is 13.0 Å². The molecule has 4 atom stereocenters. The number of carbonyl (C=O) groups is 3. The molecule has 5 rings (SSSR count). The van der Waals surface area contributed by atoms with Crippen LogP contribution in [0.15, 0.2) is 53.7 Å². The zero-order chi connectivity index (χ0) is 23.3. The minimum absolute atomic E-state index is 0.0733. The van der Waals surface area contributed by atoms with E-state index in [-0.39, 0.29) is 63.5 Å². The van der Waals surface area contributed by atoms with Crippen molar-refractivity contribution in [3.05, 3.63) is 75.3 Å². The maximum absolute atomic E-state index is 12.7. The molecule has 0 spiro atoms. The van der Waals surface area contributed by atoms with Gasteiger partial charge in [-0.25, -0.2) is 4.79 Å². The fourth-order valence-corrected chi connectivity index (χ4v) is 5.48. The minimum atomic E-state index is -1.03. The second kappa shape index (κ2) is 8.32. The third kappa shape index (κ3) is 3.81. The predicted octanol–water partition coefficient (Wildman–Crippen LogP) is 4.41. The van der Waals surface area contributed by atoms with Crippen LogP contribution in [0.25, 0.3) is 0 Å². The molecule has 1 N–H and O–H groups in total. The van der Waals surface area contributed by atoms with Gasteiger partial charge in [-0.2, -0.15) is 10.1 Å². The molecule has 0 aromatic heterocycles. The molecule has 33 heavy (non-hydrogen) atoms. The van der Waals surface area contributed by atoms with Crippen LogP contribution in [-0.2, 0) is 16.2 Å². The summed E-state index contributed by atoms with van der Waals surface area (Å²) in [6.07, 6.45) is 6.29. The topological polar surface area (TPSA) is 96.3 Å². The van der Waals surface area contributed by atoms with Crippen LogP contribution >= 0.6 is 23.2 Å². The Morgan fingerprint density at radius 2 is 1.73 bits per heavy atom. The molecule has 168 valence electrons. The molecule has 7 nitrogen and oxygen atoms in total. The van der Waals surface area contributed by atoms with E-state index in [0.29, 0.717) is 11.1 Å². The third-order valence-corrected chi connectivity index (χ3v) is 6.91. The number of nitrogens with zero attached hydrogens (tertiary/aromatic N) is 2. The maximum Gasteiger partial charge on any atom is 0.335 e. The quantitative estimate of drug-likeness (QED) is 0.372. The van der Waals surface area contributed by atoms with Gasteiger partial charge in [-0.1, -0.05) is 47.5 Å². The summed E-state index contributed by atoms with van der Waals surface area (Å²) in [5.74, 6) is -1.71. The highest BCUT2D eigenvalue weighted by Crippen LogP contribution is 2.52. The van der Waals surface area contributed by atoms with Crippen LogP contribution < -0.4 is 4.74 Å². The van der Waals surface area contributed by atoms with Crippen LogP contribution in [0, 0.1) is 23.7 Å². The second-order valence-electron chi connectivity index (χ2n) is 8.34. The summed E-state index contributed by atoms with van der Waals surface area (Å²) in [6.45, 7) is 0.0733. The molecule has 4 unspecified atom stereocenters. The summed E-state index contributed by atoms with van der Waals surface area (Å²) in [5.41, 5.74) is 1.30. The number of carboxylic acid groups (broad SMARTS) is 1. The number of carboxylic acids is 1. The molecule has 2 amide bonds. The van der Waals surface area contributed by atoms with Crippen LogP contribution in [0.4, 0.5) is 0 Å². The lowest BCUT2D eigenvalue weighted by molar-refractivity contribution is -0.140. The molecule has 9 heteroatoms. The number of rotatable bonds is 6. The number of aromatic carboxylic acids is 1. The number of fused-ring (bicyclic) bond motifs is 5. The van der Waals surface area contributed by atoms with E-state index >= 15 is 0 Å². The van der Waals surface area contributed by atoms with Gasteiger partial charge in [-0.05, 0) is 53.6 Å². The van der Waals surface area contributed by atoms with Gasteiger partial charge in [0, 0.05) is 0 Å². The van der Waals surface area contributed by atoms with E-state index in [1.807, 2.05) is 12.2 Å². The van der Waals surface area contributed by atoms with E-state index in [9.17, 15) is 14.4 Å². The Bertz CT molecular complexity index is 1190. The zero-order valence-corrected chi connectivity index (χ0v) is 18.7. The Morgan fingerprint density at radius 3 is 2.33 bits per heavy atom. The van der Waals surface area contributed by atoms with E-state index in [1.54, 1.807) is 24.3 Å². The third-order valence-electron chi connectivity index (χ3n) is 6.35. The van der Waals surface area contributed by atoms with Crippen molar-refractivity contribution in [3.8, 4) is 5.75 Å².